The first-order valence-corrected chi connectivity index (χ1v) is 8.62. The Kier molecular flexibility index (Phi) is 7.20. The second-order valence-electron chi connectivity index (χ2n) is 6.26. The molecule has 1 rings (SSSR count). The lowest BCUT2D eigenvalue weighted by Gasteiger charge is -2.32. The molecule has 0 aliphatic carbocycles. The number of nitrogens with zero attached hydrogens (tertiary/aromatic N) is 2. The molecule has 3 amide bonds. The average molecular weight is 296 g/mol. The molecule has 0 aromatic rings. The predicted octanol–water partition coefficient (Wildman–Crippen LogP) is 4.05. The minimum atomic E-state index is -0.102. The summed E-state index contributed by atoms with van der Waals surface area (Å²) in [5.74, 6) is -0.0333. The Labute approximate surface area is 129 Å². The number of amides is 3. The molecular formula is C17H32N2O2. The van der Waals surface area contributed by atoms with Crippen LogP contribution >= 0.6 is 0 Å². The van der Waals surface area contributed by atoms with Crippen LogP contribution in [-0.4, -0.2) is 41.4 Å². The molecule has 0 aromatic carbocycles. The highest BCUT2D eigenvalue weighted by Gasteiger charge is 2.35. The van der Waals surface area contributed by atoms with Crippen LogP contribution in [0.25, 0.3) is 0 Å². The van der Waals surface area contributed by atoms with Crippen LogP contribution < -0.4 is 0 Å². The van der Waals surface area contributed by atoms with E-state index >= 15 is 0 Å². The maximum Gasteiger partial charge on any atom is 0.327 e. The lowest BCUT2D eigenvalue weighted by molar-refractivity contribution is -0.125. The van der Waals surface area contributed by atoms with E-state index in [0.717, 1.165) is 12.8 Å². The number of unbranched alkanes of at least 4 members (excludes halogenated alkanes) is 1. The van der Waals surface area contributed by atoms with Gasteiger partial charge in [0.1, 0.15) is 6.54 Å². The Morgan fingerprint density at radius 1 is 1.00 bits per heavy atom. The molecule has 0 saturated carbocycles. The van der Waals surface area contributed by atoms with E-state index in [0.29, 0.717) is 18.5 Å². The Hall–Kier alpha value is -1.06. The number of carbonyl (C=O) groups excluding carboxylic acids is 2. The summed E-state index contributed by atoms with van der Waals surface area (Å²) in [6, 6.07) is -0.102. The van der Waals surface area contributed by atoms with E-state index in [1.54, 1.807) is 4.90 Å². The molecule has 0 aromatic heterocycles. The lowest BCUT2D eigenvalue weighted by atomic mass is 9.74. The van der Waals surface area contributed by atoms with Crippen LogP contribution in [0.1, 0.15) is 72.6 Å². The highest BCUT2D eigenvalue weighted by atomic mass is 16.2. The second kappa shape index (κ2) is 8.40. The maximum atomic E-state index is 12.0. The molecule has 0 N–H and O–H groups in total. The number of likely N-dealkylation sites (N-methyl/N-ethyl adjacent to an activating group) is 1. The molecule has 0 spiro atoms. The molecule has 122 valence electrons. The Bertz CT molecular complexity index is 351. The van der Waals surface area contributed by atoms with Crippen LogP contribution in [-0.2, 0) is 4.79 Å². The number of rotatable bonds is 10. The first kappa shape index (κ1) is 18.0. The molecule has 1 aliphatic heterocycles. The summed E-state index contributed by atoms with van der Waals surface area (Å²) < 4.78 is 0. The molecule has 1 fully saturated rings. The molecular weight excluding hydrogens is 264 g/mol. The Morgan fingerprint density at radius 3 is 2.10 bits per heavy atom. The van der Waals surface area contributed by atoms with Gasteiger partial charge in [0.25, 0.3) is 0 Å². The van der Waals surface area contributed by atoms with E-state index < -0.39 is 0 Å². The van der Waals surface area contributed by atoms with Gasteiger partial charge >= 0.3 is 6.03 Å². The molecule has 0 atom stereocenters. The second-order valence-corrected chi connectivity index (χ2v) is 6.26. The molecule has 0 radical (unpaired) electrons. The minimum absolute atomic E-state index is 0.0333. The summed E-state index contributed by atoms with van der Waals surface area (Å²) in [7, 11) is 0. The van der Waals surface area contributed by atoms with Crippen LogP contribution in [0.4, 0.5) is 4.79 Å². The van der Waals surface area contributed by atoms with E-state index in [9.17, 15) is 9.59 Å². The van der Waals surface area contributed by atoms with E-state index in [1.165, 1.54) is 37.0 Å². The monoisotopic (exact) mass is 296 g/mol. The van der Waals surface area contributed by atoms with Crippen LogP contribution in [0.2, 0.25) is 0 Å². The lowest BCUT2D eigenvalue weighted by Crippen LogP contribution is -2.34. The molecule has 1 aliphatic rings. The molecule has 0 unspecified atom stereocenters. The summed E-state index contributed by atoms with van der Waals surface area (Å²) in [5.41, 5.74) is 0.395. The third-order valence-electron chi connectivity index (χ3n) is 5.16. The summed E-state index contributed by atoms with van der Waals surface area (Å²) in [4.78, 5) is 27.0. The summed E-state index contributed by atoms with van der Waals surface area (Å²) in [5, 5.41) is 0. The number of hydrogen-bond donors (Lipinski definition) is 0. The van der Waals surface area contributed by atoms with Gasteiger partial charge in [0.05, 0.1) is 0 Å². The van der Waals surface area contributed by atoms with Gasteiger partial charge < -0.3 is 4.90 Å². The van der Waals surface area contributed by atoms with Crippen LogP contribution in [0.3, 0.4) is 0 Å². The number of hydrogen-bond acceptors (Lipinski definition) is 2. The summed E-state index contributed by atoms with van der Waals surface area (Å²) >= 11 is 0. The largest absolute Gasteiger partial charge is 0.327 e. The number of imide groups is 1. The zero-order valence-corrected chi connectivity index (χ0v) is 14.3. The number of urea groups is 1. The van der Waals surface area contributed by atoms with Gasteiger partial charge in [-0.3, -0.25) is 9.69 Å². The fraction of sp³-hybridized carbons (Fsp3) is 0.882. The molecule has 0 bridgehead atoms. The molecule has 4 nitrogen and oxygen atoms in total. The van der Waals surface area contributed by atoms with Crippen LogP contribution in [0.15, 0.2) is 0 Å². The van der Waals surface area contributed by atoms with Crippen molar-refractivity contribution in [3.63, 3.8) is 0 Å². The van der Waals surface area contributed by atoms with Crippen molar-refractivity contribution >= 4 is 11.9 Å². The first-order chi connectivity index (χ1) is 10.0. The average Bonchev–Trinajstić information content (AvgIpc) is 2.78. The Balaban J connectivity index is 2.50. The van der Waals surface area contributed by atoms with Gasteiger partial charge in [0, 0.05) is 13.1 Å². The zero-order valence-electron chi connectivity index (χ0n) is 14.3. The van der Waals surface area contributed by atoms with Crippen molar-refractivity contribution in [1.82, 2.24) is 9.80 Å². The van der Waals surface area contributed by atoms with Crippen molar-refractivity contribution in [3.8, 4) is 0 Å². The predicted molar refractivity (Wildman–Crippen MR) is 86.1 cm³/mol. The Morgan fingerprint density at radius 2 is 1.62 bits per heavy atom. The highest BCUT2D eigenvalue weighted by Crippen LogP contribution is 2.37. The topological polar surface area (TPSA) is 40.6 Å². The van der Waals surface area contributed by atoms with Crippen LogP contribution in [0.5, 0.6) is 0 Å². The molecule has 21 heavy (non-hydrogen) atoms. The van der Waals surface area contributed by atoms with Crippen molar-refractivity contribution in [3.05, 3.63) is 0 Å². The van der Waals surface area contributed by atoms with Gasteiger partial charge in [0.15, 0.2) is 0 Å². The zero-order chi connectivity index (χ0) is 15.9. The first-order valence-electron chi connectivity index (χ1n) is 8.62. The smallest absolute Gasteiger partial charge is 0.315 e. The summed E-state index contributed by atoms with van der Waals surface area (Å²) in [6.07, 6.45) is 8.19. The van der Waals surface area contributed by atoms with Crippen molar-refractivity contribution < 1.29 is 9.59 Å². The SMILES string of the molecule is CCCCC(CC)(CC)CCCN1C(=O)CN(CC)C1=O. The highest BCUT2D eigenvalue weighted by molar-refractivity contribution is 6.01. The van der Waals surface area contributed by atoms with Gasteiger partial charge in [0.2, 0.25) is 5.91 Å². The van der Waals surface area contributed by atoms with E-state index in [2.05, 4.69) is 20.8 Å². The van der Waals surface area contributed by atoms with Gasteiger partial charge in [-0.05, 0) is 31.6 Å². The third kappa shape index (κ3) is 4.45. The van der Waals surface area contributed by atoms with E-state index in [-0.39, 0.29) is 18.5 Å². The molecule has 4 heteroatoms. The van der Waals surface area contributed by atoms with Gasteiger partial charge in [-0.15, -0.1) is 0 Å². The number of carbonyl (C=O) groups is 2. The van der Waals surface area contributed by atoms with Crippen molar-refractivity contribution in [2.75, 3.05) is 19.6 Å². The van der Waals surface area contributed by atoms with Gasteiger partial charge in [-0.1, -0.05) is 46.5 Å². The minimum Gasteiger partial charge on any atom is -0.315 e. The molecule has 1 heterocycles. The van der Waals surface area contributed by atoms with Gasteiger partial charge in [-0.25, -0.2) is 4.79 Å². The van der Waals surface area contributed by atoms with Crippen LogP contribution in [0, 0.1) is 5.41 Å². The molecule has 1 saturated heterocycles. The summed E-state index contributed by atoms with van der Waals surface area (Å²) in [6.45, 7) is 10.1. The fourth-order valence-electron chi connectivity index (χ4n) is 3.31. The quantitative estimate of drug-likeness (QED) is 0.571. The standard InChI is InChI=1S/C17H32N2O2/c1-5-9-11-17(6-2,7-3)12-10-13-19-15(20)14-18(8-4)16(19)21/h5-14H2,1-4H3. The van der Waals surface area contributed by atoms with Crippen molar-refractivity contribution in [2.45, 2.75) is 72.6 Å². The van der Waals surface area contributed by atoms with Crippen molar-refractivity contribution in [1.29, 1.82) is 0 Å². The fourth-order valence-corrected chi connectivity index (χ4v) is 3.31. The third-order valence-corrected chi connectivity index (χ3v) is 5.16. The van der Waals surface area contributed by atoms with E-state index in [4.69, 9.17) is 0 Å². The van der Waals surface area contributed by atoms with Gasteiger partial charge in [-0.2, -0.15) is 0 Å². The van der Waals surface area contributed by atoms with E-state index in [1.807, 2.05) is 6.92 Å². The normalized spacial score (nSPS) is 16.2. The maximum absolute atomic E-state index is 12.0. The van der Waals surface area contributed by atoms with Crippen molar-refractivity contribution in [2.24, 2.45) is 5.41 Å².